The molecular formula is C8H16N2O2S. The molecule has 3 atom stereocenters. The summed E-state index contributed by atoms with van der Waals surface area (Å²) < 4.78 is 0. The Kier molecular flexibility index (Phi) is 3.55. The Morgan fingerprint density at radius 2 is 2.31 bits per heavy atom. The zero-order chi connectivity index (χ0) is 10.0. The highest BCUT2D eigenvalue weighted by molar-refractivity contribution is 8.00. The third kappa shape index (κ3) is 2.57. The number of nitro groups is 1. The first-order valence-electron chi connectivity index (χ1n) is 4.53. The van der Waals surface area contributed by atoms with Gasteiger partial charge in [-0.1, -0.05) is 13.8 Å². The van der Waals surface area contributed by atoms with Crippen molar-refractivity contribution in [3.8, 4) is 0 Å². The molecule has 1 heterocycles. The van der Waals surface area contributed by atoms with Crippen LogP contribution in [0.4, 0.5) is 0 Å². The average Bonchev–Trinajstić information content (AvgIpc) is 2.30. The third-order valence-corrected chi connectivity index (χ3v) is 3.75. The number of rotatable bonds is 3. The first-order chi connectivity index (χ1) is 6.02. The van der Waals surface area contributed by atoms with Gasteiger partial charge in [-0.05, 0) is 12.3 Å². The van der Waals surface area contributed by atoms with Crippen molar-refractivity contribution in [2.75, 3.05) is 5.75 Å². The molecule has 1 fully saturated rings. The standard InChI is InChI=1S/C8H16N2O2S/c1-5(2)3-7-8(10(11)12)6(9)4-13-7/h5-8H,3-4,9H2,1-2H3/t6-,7-,8+/m0/s1. The van der Waals surface area contributed by atoms with Crippen molar-refractivity contribution in [3.63, 3.8) is 0 Å². The molecule has 0 spiro atoms. The van der Waals surface area contributed by atoms with E-state index in [9.17, 15) is 10.1 Å². The Balaban J connectivity index is 2.59. The van der Waals surface area contributed by atoms with Gasteiger partial charge >= 0.3 is 0 Å². The second-order valence-electron chi connectivity index (χ2n) is 3.94. The lowest BCUT2D eigenvalue weighted by atomic mass is 10.00. The smallest absolute Gasteiger partial charge is 0.240 e. The van der Waals surface area contributed by atoms with Crippen LogP contribution >= 0.6 is 11.8 Å². The van der Waals surface area contributed by atoms with Gasteiger partial charge < -0.3 is 5.73 Å². The molecule has 4 nitrogen and oxygen atoms in total. The highest BCUT2D eigenvalue weighted by Gasteiger charge is 2.43. The second kappa shape index (κ2) is 4.28. The van der Waals surface area contributed by atoms with Crippen LogP contribution in [0.25, 0.3) is 0 Å². The molecule has 0 amide bonds. The zero-order valence-electron chi connectivity index (χ0n) is 7.97. The highest BCUT2D eigenvalue weighted by atomic mass is 32.2. The van der Waals surface area contributed by atoms with Crippen LogP contribution in [0.1, 0.15) is 20.3 Å². The van der Waals surface area contributed by atoms with E-state index < -0.39 is 6.04 Å². The molecule has 0 aliphatic carbocycles. The van der Waals surface area contributed by atoms with Crippen molar-refractivity contribution in [2.45, 2.75) is 37.6 Å². The van der Waals surface area contributed by atoms with Gasteiger partial charge in [0.2, 0.25) is 6.04 Å². The molecule has 0 saturated carbocycles. The molecule has 0 aromatic rings. The molecular weight excluding hydrogens is 188 g/mol. The molecule has 2 N–H and O–H groups in total. The summed E-state index contributed by atoms with van der Waals surface area (Å²) in [5, 5.41) is 10.8. The summed E-state index contributed by atoms with van der Waals surface area (Å²) in [7, 11) is 0. The molecule has 76 valence electrons. The average molecular weight is 204 g/mol. The Labute approximate surface area is 82.4 Å². The molecule has 0 aromatic heterocycles. The summed E-state index contributed by atoms with van der Waals surface area (Å²) in [6.45, 7) is 4.17. The summed E-state index contributed by atoms with van der Waals surface area (Å²) >= 11 is 1.65. The molecule has 0 radical (unpaired) electrons. The van der Waals surface area contributed by atoms with E-state index in [1.165, 1.54) is 0 Å². The minimum Gasteiger partial charge on any atom is -0.321 e. The maximum Gasteiger partial charge on any atom is 0.240 e. The summed E-state index contributed by atoms with van der Waals surface area (Å²) in [6, 6.07) is -0.795. The van der Waals surface area contributed by atoms with Crippen LogP contribution in [-0.4, -0.2) is 28.0 Å². The number of hydrogen-bond donors (Lipinski definition) is 1. The van der Waals surface area contributed by atoms with Gasteiger partial charge in [-0.2, -0.15) is 0 Å². The first-order valence-corrected chi connectivity index (χ1v) is 5.58. The Morgan fingerprint density at radius 3 is 2.77 bits per heavy atom. The monoisotopic (exact) mass is 204 g/mol. The summed E-state index contributed by atoms with van der Waals surface area (Å²) in [5.74, 6) is 1.23. The largest absolute Gasteiger partial charge is 0.321 e. The molecule has 0 aromatic carbocycles. The van der Waals surface area contributed by atoms with Crippen LogP contribution in [0.3, 0.4) is 0 Å². The van der Waals surface area contributed by atoms with E-state index in [1.54, 1.807) is 11.8 Å². The molecule has 13 heavy (non-hydrogen) atoms. The fraction of sp³-hybridized carbons (Fsp3) is 1.00. The van der Waals surface area contributed by atoms with Crippen molar-refractivity contribution in [1.29, 1.82) is 0 Å². The lowest BCUT2D eigenvalue weighted by molar-refractivity contribution is -0.523. The minimum absolute atomic E-state index is 0.116. The molecule has 0 unspecified atom stereocenters. The Bertz CT molecular complexity index is 199. The lowest BCUT2D eigenvalue weighted by Crippen LogP contribution is -2.42. The molecule has 0 bridgehead atoms. The van der Waals surface area contributed by atoms with Crippen molar-refractivity contribution in [3.05, 3.63) is 10.1 Å². The minimum atomic E-state index is -0.535. The predicted octanol–water partition coefficient (Wildman–Crippen LogP) is 1.12. The van der Waals surface area contributed by atoms with Gasteiger partial charge in [-0.25, -0.2) is 0 Å². The maximum atomic E-state index is 10.7. The molecule has 1 rings (SSSR count). The normalized spacial score (nSPS) is 34.0. The summed E-state index contributed by atoms with van der Waals surface area (Å²) in [5.41, 5.74) is 5.68. The van der Waals surface area contributed by atoms with Crippen molar-refractivity contribution >= 4 is 11.8 Å². The van der Waals surface area contributed by atoms with Gasteiger partial charge in [0.1, 0.15) is 0 Å². The first kappa shape index (κ1) is 10.8. The van der Waals surface area contributed by atoms with Gasteiger partial charge in [0, 0.05) is 10.7 Å². The number of nitrogens with zero attached hydrogens (tertiary/aromatic N) is 1. The molecule has 1 aliphatic rings. The van der Waals surface area contributed by atoms with Crippen molar-refractivity contribution < 1.29 is 4.92 Å². The third-order valence-electron chi connectivity index (χ3n) is 2.27. The molecule has 5 heteroatoms. The van der Waals surface area contributed by atoms with Crippen LogP contribution in [0.15, 0.2) is 0 Å². The Morgan fingerprint density at radius 1 is 1.69 bits per heavy atom. The van der Waals surface area contributed by atoms with Crippen LogP contribution < -0.4 is 5.73 Å². The maximum absolute atomic E-state index is 10.7. The highest BCUT2D eigenvalue weighted by Crippen LogP contribution is 2.32. The van der Waals surface area contributed by atoms with Crippen LogP contribution in [0, 0.1) is 16.0 Å². The SMILES string of the molecule is CC(C)C[C@@H]1SC[C@H](N)[C@H]1[N+](=O)[O-]. The van der Waals surface area contributed by atoms with Crippen LogP contribution in [-0.2, 0) is 0 Å². The van der Waals surface area contributed by atoms with Gasteiger partial charge in [-0.3, -0.25) is 10.1 Å². The van der Waals surface area contributed by atoms with E-state index in [2.05, 4.69) is 13.8 Å². The fourth-order valence-corrected chi connectivity index (χ4v) is 3.36. The topological polar surface area (TPSA) is 69.2 Å². The van der Waals surface area contributed by atoms with E-state index in [1.807, 2.05) is 0 Å². The zero-order valence-corrected chi connectivity index (χ0v) is 8.79. The van der Waals surface area contributed by atoms with Crippen LogP contribution in [0.2, 0.25) is 0 Å². The van der Waals surface area contributed by atoms with E-state index in [4.69, 9.17) is 5.73 Å². The van der Waals surface area contributed by atoms with Gasteiger partial charge in [-0.15, -0.1) is 11.8 Å². The Hall–Kier alpha value is -0.290. The number of nitrogens with two attached hydrogens (primary N) is 1. The van der Waals surface area contributed by atoms with Gasteiger partial charge in [0.05, 0.1) is 11.3 Å². The number of thioether (sulfide) groups is 1. The van der Waals surface area contributed by atoms with E-state index >= 15 is 0 Å². The number of hydrogen-bond acceptors (Lipinski definition) is 4. The molecule has 1 saturated heterocycles. The van der Waals surface area contributed by atoms with Gasteiger partial charge in [0.15, 0.2) is 0 Å². The van der Waals surface area contributed by atoms with E-state index in [-0.39, 0.29) is 16.2 Å². The van der Waals surface area contributed by atoms with Crippen molar-refractivity contribution in [2.24, 2.45) is 11.7 Å². The summed E-state index contributed by atoms with van der Waals surface area (Å²) in [4.78, 5) is 10.5. The van der Waals surface area contributed by atoms with Gasteiger partial charge in [0.25, 0.3) is 0 Å². The second-order valence-corrected chi connectivity index (χ2v) is 5.21. The quantitative estimate of drug-likeness (QED) is 0.552. The predicted molar refractivity (Wildman–Crippen MR) is 54.5 cm³/mol. The molecule has 1 aliphatic heterocycles. The van der Waals surface area contributed by atoms with E-state index in [0.717, 1.165) is 12.2 Å². The lowest BCUT2D eigenvalue weighted by Gasteiger charge is -2.15. The fourth-order valence-electron chi connectivity index (χ4n) is 1.67. The van der Waals surface area contributed by atoms with Crippen LogP contribution in [0.5, 0.6) is 0 Å². The van der Waals surface area contributed by atoms with E-state index in [0.29, 0.717) is 5.92 Å². The van der Waals surface area contributed by atoms with Crippen molar-refractivity contribution in [1.82, 2.24) is 0 Å². The summed E-state index contributed by atoms with van der Waals surface area (Å²) in [6.07, 6.45) is 0.893.